The van der Waals surface area contributed by atoms with Crippen LogP contribution in [0.2, 0.25) is 0 Å². The molecule has 0 amide bonds. The van der Waals surface area contributed by atoms with E-state index in [0.29, 0.717) is 13.0 Å². The molecule has 1 aliphatic rings. The lowest BCUT2D eigenvalue weighted by Gasteiger charge is -2.24. The Labute approximate surface area is 113 Å². The average Bonchev–Trinajstić information content (AvgIpc) is 2.44. The molecule has 0 aliphatic carbocycles. The van der Waals surface area contributed by atoms with Gasteiger partial charge in [0.05, 0.1) is 5.92 Å². The molecule has 1 unspecified atom stereocenters. The van der Waals surface area contributed by atoms with Gasteiger partial charge < -0.3 is 4.74 Å². The Morgan fingerprint density at radius 2 is 1.84 bits per heavy atom. The number of ether oxygens (including phenoxy) is 1. The van der Waals surface area contributed by atoms with Gasteiger partial charge >= 0.3 is 5.97 Å². The minimum absolute atomic E-state index is 0.112. The molecule has 0 saturated heterocycles. The summed E-state index contributed by atoms with van der Waals surface area (Å²) in [5.74, 6) is -0.285. The monoisotopic (exact) mass is 252 g/mol. The number of cyclic esters (lactones) is 1. The van der Waals surface area contributed by atoms with E-state index in [2.05, 4.69) is 31.2 Å². The number of fused-ring (bicyclic) bond motifs is 1. The van der Waals surface area contributed by atoms with Gasteiger partial charge in [-0.2, -0.15) is 0 Å². The van der Waals surface area contributed by atoms with E-state index in [-0.39, 0.29) is 11.9 Å². The molecule has 0 fully saturated rings. The smallest absolute Gasteiger partial charge is 0.314 e. The number of hydrogen-bond acceptors (Lipinski definition) is 2. The predicted molar refractivity (Wildman–Crippen MR) is 73.9 cm³/mol. The summed E-state index contributed by atoms with van der Waals surface area (Å²) in [5.41, 5.74) is 4.64. The first-order chi connectivity index (χ1) is 9.24. The van der Waals surface area contributed by atoms with Crippen LogP contribution in [0.25, 0.3) is 0 Å². The lowest BCUT2D eigenvalue weighted by molar-refractivity contribution is -0.148. The van der Waals surface area contributed by atoms with Crippen molar-refractivity contribution >= 4 is 5.97 Å². The van der Waals surface area contributed by atoms with Crippen molar-refractivity contribution in [1.82, 2.24) is 0 Å². The molecule has 2 heteroatoms. The van der Waals surface area contributed by atoms with Crippen LogP contribution in [0, 0.1) is 6.92 Å². The highest BCUT2D eigenvalue weighted by molar-refractivity contribution is 5.80. The number of esters is 1. The highest BCUT2D eigenvalue weighted by Crippen LogP contribution is 2.30. The largest absolute Gasteiger partial charge is 0.460 e. The summed E-state index contributed by atoms with van der Waals surface area (Å²) in [4.78, 5) is 12.0. The first-order valence-corrected chi connectivity index (χ1v) is 6.54. The second-order valence-electron chi connectivity index (χ2n) is 5.05. The van der Waals surface area contributed by atoms with E-state index in [1.807, 2.05) is 24.3 Å². The lowest BCUT2D eigenvalue weighted by atomic mass is 9.87. The first kappa shape index (κ1) is 12.0. The molecule has 19 heavy (non-hydrogen) atoms. The third-order valence-corrected chi connectivity index (χ3v) is 3.65. The number of rotatable bonds is 2. The van der Waals surface area contributed by atoms with Crippen LogP contribution in [0.5, 0.6) is 0 Å². The Morgan fingerprint density at radius 3 is 2.63 bits per heavy atom. The second-order valence-corrected chi connectivity index (χ2v) is 5.05. The van der Waals surface area contributed by atoms with Gasteiger partial charge in [0.25, 0.3) is 0 Å². The maximum atomic E-state index is 12.0. The van der Waals surface area contributed by atoms with Crippen LogP contribution in [-0.2, 0) is 22.6 Å². The summed E-state index contributed by atoms with van der Waals surface area (Å²) in [6.45, 7) is 2.47. The maximum absolute atomic E-state index is 12.0. The molecule has 1 heterocycles. The lowest BCUT2D eigenvalue weighted by Crippen LogP contribution is -2.24. The van der Waals surface area contributed by atoms with Crippen LogP contribution < -0.4 is 0 Å². The normalized spacial score (nSPS) is 17.7. The van der Waals surface area contributed by atoms with Crippen molar-refractivity contribution in [3.63, 3.8) is 0 Å². The van der Waals surface area contributed by atoms with Gasteiger partial charge in [0.1, 0.15) is 6.61 Å². The molecular formula is C17H16O2. The molecule has 0 radical (unpaired) electrons. The number of hydrogen-bond donors (Lipinski definition) is 0. The number of carbonyl (C=O) groups excluding carboxylic acids is 1. The summed E-state index contributed by atoms with van der Waals surface area (Å²) in [7, 11) is 0. The predicted octanol–water partition coefficient (Wildman–Crippen LogP) is 3.38. The molecule has 96 valence electrons. The molecule has 0 spiro atoms. The Hall–Kier alpha value is -2.09. The minimum Gasteiger partial charge on any atom is -0.460 e. The molecule has 1 atom stereocenters. The zero-order valence-electron chi connectivity index (χ0n) is 10.9. The topological polar surface area (TPSA) is 26.3 Å². The van der Waals surface area contributed by atoms with Crippen LogP contribution in [-0.4, -0.2) is 5.97 Å². The molecule has 2 nitrogen and oxygen atoms in total. The van der Waals surface area contributed by atoms with Crippen molar-refractivity contribution in [2.75, 3.05) is 0 Å². The Bertz CT molecular complexity index is 599. The van der Waals surface area contributed by atoms with Gasteiger partial charge in [0, 0.05) is 0 Å². The Morgan fingerprint density at radius 1 is 1.11 bits per heavy atom. The molecule has 2 aromatic carbocycles. The van der Waals surface area contributed by atoms with Gasteiger partial charge in [-0.05, 0) is 30.0 Å². The van der Waals surface area contributed by atoms with E-state index < -0.39 is 0 Å². The van der Waals surface area contributed by atoms with E-state index >= 15 is 0 Å². The molecule has 3 rings (SSSR count). The third kappa shape index (κ3) is 2.39. The fourth-order valence-corrected chi connectivity index (χ4v) is 2.54. The molecule has 0 saturated carbocycles. The van der Waals surface area contributed by atoms with Gasteiger partial charge in [-0.25, -0.2) is 0 Å². The first-order valence-electron chi connectivity index (χ1n) is 6.54. The molecule has 1 aliphatic heterocycles. The molecular weight excluding hydrogens is 236 g/mol. The Balaban J connectivity index is 1.91. The van der Waals surface area contributed by atoms with Crippen molar-refractivity contribution in [2.45, 2.75) is 25.9 Å². The van der Waals surface area contributed by atoms with E-state index in [9.17, 15) is 4.79 Å². The van der Waals surface area contributed by atoms with E-state index in [0.717, 1.165) is 11.1 Å². The number of carbonyl (C=O) groups is 1. The summed E-state index contributed by atoms with van der Waals surface area (Å²) in [6, 6.07) is 16.4. The van der Waals surface area contributed by atoms with Crippen LogP contribution in [0.1, 0.15) is 28.2 Å². The molecule has 0 bridgehead atoms. The quantitative estimate of drug-likeness (QED) is 0.766. The highest BCUT2D eigenvalue weighted by Gasteiger charge is 2.29. The molecule has 0 N–H and O–H groups in total. The standard InChI is InChI=1S/C17H16O2/c1-12-6-8-13(9-7-12)10-16-15-5-3-2-4-14(15)11-19-17(16)18/h2-9,16H,10-11H2,1H3. The van der Waals surface area contributed by atoms with Crippen molar-refractivity contribution in [3.05, 3.63) is 70.8 Å². The second kappa shape index (κ2) is 4.88. The van der Waals surface area contributed by atoms with Crippen molar-refractivity contribution in [1.29, 1.82) is 0 Å². The Kier molecular flexibility index (Phi) is 3.08. The summed E-state index contributed by atoms with van der Waals surface area (Å²) >= 11 is 0. The average molecular weight is 252 g/mol. The van der Waals surface area contributed by atoms with Crippen molar-refractivity contribution in [2.24, 2.45) is 0 Å². The van der Waals surface area contributed by atoms with Crippen molar-refractivity contribution < 1.29 is 9.53 Å². The van der Waals surface area contributed by atoms with E-state index in [4.69, 9.17) is 4.74 Å². The molecule has 0 aromatic heterocycles. The van der Waals surface area contributed by atoms with Crippen LogP contribution in [0.4, 0.5) is 0 Å². The highest BCUT2D eigenvalue weighted by atomic mass is 16.5. The van der Waals surface area contributed by atoms with Gasteiger partial charge in [0.15, 0.2) is 0 Å². The summed E-state index contributed by atoms with van der Waals surface area (Å²) in [5, 5.41) is 0. The van der Waals surface area contributed by atoms with Crippen LogP contribution >= 0.6 is 0 Å². The summed E-state index contributed by atoms with van der Waals surface area (Å²) < 4.78 is 5.27. The zero-order chi connectivity index (χ0) is 13.2. The van der Waals surface area contributed by atoms with Gasteiger partial charge in [-0.1, -0.05) is 54.1 Å². The van der Waals surface area contributed by atoms with E-state index in [1.165, 1.54) is 11.1 Å². The SMILES string of the molecule is Cc1ccc(CC2C(=O)OCc3ccccc32)cc1. The minimum atomic E-state index is -0.173. The zero-order valence-corrected chi connectivity index (χ0v) is 10.9. The van der Waals surface area contributed by atoms with Crippen LogP contribution in [0.15, 0.2) is 48.5 Å². The fraction of sp³-hybridized carbons (Fsp3) is 0.235. The maximum Gasteiger partial charge on any atom is 0.314 e. The van der Waals surface area contributed by atoms with Gasteiger partial charge in [-0.15, -0.1) is 0 Å². The van der Waals surface area contributed by atoms with Gasteiger partial charge in [-0.3, -0.25) is 4.79 Å². The summed E-state index contributed by atoms with van der Waals surface area (Å²) in [6.07, 6.45) is 0.704. The fourth-order valence-electron chi connectivity index (χ4n) is 2.54. The number of aryl methyl sites for hydroxylation is 1. The van der Waals surface area contributed by atoms with Gasteiger partial charge in [0.2, 0.25) is 0 Å². The molecule has 2 aromatic rings. The van der Waals surface area contributed by atoms with E-state index in [1.54, 1.807) is 0 Å². The third-order valence-electron chi connectivity index (χ3n) is 3.65. The number of benzene rings is 2. The van der Waals surface area contributed by atoms with Crippen molar-refractivity contribution in [3.8, 4) is 0 Å². The van der Waals surface area contributed by atoms with Crippen LogP contribution in [0.3, 0.4) is 0 Å².